The van der Waals surface area contributed by atoms with E-state index in [-0.39, 0.29) is 11.8 Å². The van der Waals surface area contributed by atoms with E-state index in [1.54, 1.807) is 13.8 Å². The number of likely N-dealkylation sites (tertiary alicyclic amines) is 1. The van der Waals surface area contributed by atoms with Gasteiger partial charge in [0.05, 0.1) is 0 Å². The van der Waals surface area contributed by atoms with Crippen LogP contribution in [0.1, 0.15) is 49.8 Å². The molecule has 1 saturated heterocycles. The van der Waals surface area contributed by atoms with Crippen LogP contribution < -0.4 is 5.32 Å². The average molecular weight is 316 g/mol. The van der Waals surface area contributed by atoms with E-state index in [2.05, 4.69) is 5.32 Å². The maximum absolute atomic E-state index is 12.7. The van der Waals surface area contributed by atoms with Crippen molar-refractivity contribution in [1.82, 2.24) is 4.90 Å². The molecule has 0 spiro atoms. The lowest BCUT2D eigenvalue weighted by Crippen LogP contribution is -2.49. The van der Waals surface area contributed by atoms with Crippen molar-refractivity contribution in [1.29, 1.82) is 0 Å². The van der Waals surface area contributed by atoms with Crippen LogP contribution in [0.4, 0.5) is 5.69 Å². The van der Waals surface area contributed by atoms with Gasteiger partial charge >= 0.3 is 0 Å². The van der Waals surface area contributed by atoms with Crippen LogP contribution in [0.15, 0.2) is 12.1 Å². The van der Waals surface area contributed by atoms with Crippen molar-refractivity contribution in [3.63, 3.8) is 0 Å². The number of piperidine rings is 1. The highest BCUT2D eigenvalue weighted by molar-refractivity contribution is 6.10. The molecule has 2 amide bonds. The topological polar surface area (TPSA) is 49.4 Å². The first kappa shape index (κ1) is 17.5. The van der Waals surface area contributed by atoms with Crippen molar-refractivity contribution in [3.8, 4) is 0 Å². The summed E-state index contributed by atoms with van der Waals surface area (Å²) >= 11 is 0. The Hall–Kier alpha value is -1.84. The van der Waals surface area contributed by atoms with Crippen LogP contribution in [0, 0.1) is 26.2 Å². The van der Waals surface area contributed by atoms with Crippen molar-refractivity contribution < 1.29 is 9.59 Å². The Morgan fingerprint density at radius 1 is 1.00 bits per heavy atom. The summed E-state index contributed by atoms with van der Waals surface area (Å²) in [4.78, 5) is 27.3. The number of carbonyl (C=O) groups excluding carboxylic acids is 2. The van der Waals surface area contributed by atoms with Crippen LogP contribution >= 0.6 is 0 Å². The van der Waals surface area contributed by atoms with Gasteiger partial charge in [-0.15, -0.1) is 0 Å². The molecule has 23 heavy (non-hydrogen) atoms. The number of anilines is 1. The number of benzene rings is 1. The number of aryl methyl sites for hydroxylation is 3. The molecule has 0 bridgehead atoms. The Balaban J connectivity index is 2.17. The molecule has 1 heterocycles. The van der Waals surface area contributed by atoms with E-state index in [0.29, 0.717) is 0 Å². The quantitative estimate of drug-likeness (QED) is 0.866. The van der Waals surface area contributed by atoms with Gasteiger partial charge in [0.2, 0.25) is 11.8 Å². The Kier molecular flexibility index (Phi) is 5.12. The second-order valence-corrected chi connectivity index (χ2v) is 7.21. The van der Waals surface area contributed by atoms with E-state index in [0.717, 1.165) is 49.2 Å². The number of nitrogens with zero attached hydrogens (tertiary/aromatic N) is 1. The minimum absolute atomic E-state index is 0.0721. The number of hydrogen-bond acceptors (Lipinski definition) is 2. The van der Waals surface area contributed by atoms with Crippen molar-refractivity contribution in [3.05, 3.63) is 28.8 Å². The number of nitrogens with one attached hydrogen (secondary N) is 1. The van der Waals surface area contributed by atoms with E-state index < -0.39 is 5.41 Å². The van der Waals surface area contributed by atoms with Crippen LogP contribution in [-0.2, 0) is 9.59 Å². The molecule has 0 unspecified atom stereocenters. The fourth-order valence-corrected chi connectivity index (χ4v) is 3.24. The highest BCUT2D eigenvalue weighted by Crippen LogP contribution is 2.27. The third-order valence-electron chi connectivity index (χ3n) is 4.66. The van der Waals surface area contributed by atoms with Gasteiger partial charge in [-0.2, -0.15) is 0 Å². The van der Waals surface area contributed by atoms with Gasteiger partial charge in [-0.3, -0.25) is 9.59 Å². The van der Waals surface area contributed by atoms with Gasteiger partial charge in [-0.05, 0) is 65.0 Å². The summed E-state index contributed by atoms with van der Waals surface area (Å²) < 4.78 is 0. The standard InChI is InChI=1S/C19H28N2O2/c1-13-11-14(2)16(15(3)12-13)20-17(22)19(4,5)18(23)21-9-7-6-8-10-21/h11-12H,6-10H2,1-5H3,(H,20,22). The van der Waals surface area contributed by atoms with Crippen molar-refractivity contribution in [2.45, 2.75) is 53.9 Å². The Morgan fingerprint density at radius 2 is 1.52 bits per heavy atom. The molecule has 1 aliphatic heterocycles. The normalized spacial score (nSPS) is 15.4. The predicted octanol–water partition coefficient (Wildman–Crippen LogP) is 3.59. The molecule has 1 aromatic carbocycles. The molecule has 4 heteroatoms. The highest BCUT2D eigenvalue weighted by Gasteiger charge is 2.39. The van der Waals surface area contributed by atoms with Gasteiger partial charge in [0.25, 0.3) is 0 Å². The molecule has 1 aliphatic rings. The lowest BCUT2D eigenvalue weighted by molar-refractivity contribution is -0.147. The second kappa shape index (κ2) is 6.73. The van der Waals surface area contributed by atoms with E-state index in [4.69, 9.17) is 0 Å². The van der Waals surface area contributed by atoms with Gasteiger partial charge in [0.15, 0.2) is 0 Å². The van der Waals surface area contributed by atoms with Gasteiger partial charge in [0.1, 0.15) is 5.41 Å². The first-order valence-electron chi connectivity index (χ1n) is 8.42. The summed E-state index contributed by atoms with van der Waals surface area (Å²) in [5, 5.41) is 2.98. The van der Waals surface area contributed by atoms with Crippen LogP contribution in [0.2, 0.25) is 0 Å². The fourth-order valence-electron chi connectivity index (χ4n) is 3.24. The van der Waals surface area contributed by atoms with E-state index >= 15 is 0 Å². The van der Waals surface area contributed by atoms with Crippen molar-refractivity contribution in [2.24, 2.45) is 5.41 Å². The molecule has 0 saturated carbocycles. The largest absolute Gasteiger partial charge is 0.342 e. The Labute approximate surface area is 139 Å². The molecule has 0 radical (unpaired) electrons. The number of hydrogen-bond donors (Lipinski definition) is 1. The molecule has 0 atom stereocenters. The van der Waals surface area contributed by atoms with Crippen LogP contribution in [0.3, 0.4) is 0 Å². The summed E-state index contributed by atoms with van der Waals surface area (Å²) in [6, 6.07) is 4.09. The van der Waals surface area contributed by atoms with Crippen molar-refractivity contribution >= 4 is 17.5 Å². The van der Waals surface area contributed by atoms with E-state index in [1.807, 2.05) is 37.8 Å². The summed E-state index contributed by atoms with van der Waals surface area (Å²) in [5.74, 6) is -0.305. The summed E-state index contributed by atoms with van der Waals surface area (Å²) in [5.41, 5.74) is 2.98. The Bertz CT molecular complexity index is 591. The maximum atomic E-state index is 12.7. The van der Waals surface area contributed by atoms with Gasteiger partial charge < -0.3 is 10.2 Å². The lowest BCUT2D eigenvalue weighted by Gasteiger charge is -2.33. The number of carbonyl (C=O) groups is 2. The summed E-state index contributed by atoms with van der Waals surface area (Å²) in [6.45, 7) is 11.0. The van der Waals surface area contributed by atoms with Crippen LogP contribution in [0.25, 0.3) is 0 Å². The third kappa shape index (κ3) is 3.74. The maximum Gasteiger partial charge on any atom is 0.239 e. The molecular weight excluding hydrogens is 288 g/mol. The fraction of sp³-hybridized carbons (Fsp3) is 0.579. The zero-order valence-electron chi connectivity index (χ0n) is 15.0. The third-order valence-corrected chi connectivity index (χ3v) is 4.66. The minimum Gasteiger partial charge on any atom is -0.342 e. The first-order valence-corrected chi connectivity index (χ1v) is 8.42. The second-order valence-electron chi connectivity index (χ2n) is 7.21. The SMILES string of the molecule is Cc1cc(C)c(NC(=O)C(C)(C)C(=O)N2CCCCC2)c(C)c1. The number of amides is 2. The molecule has 1 fully saturated rings. The van der Waals surface area contributed by atoms with Crippen LogP contribution in [0.5, 0.6) is 0 Å². The zero-order chi connectivity index (χ0) is 17.2. The Morgan fingerprint density at radius 3 is 2.04 bits per heavy atom. The summed E-state index contributed by atoms with van der Waals surface area (Å²) in [7, 11) is 0. The molecule has 0 aliphatic carbocycles. The average Bonchev–Trinajstić information content (AvgIpc) is 2.50. The summed E-state index contributed by atoms with van der Waals surface area (Å²) in [6.07, 6.45) is 3.22. The molecule has 126 valence electrons. The van der Waals surface area contributed by atoms with Gasteiger partial charge in [-0.1, -0.05) is 17.7 Å². The van der Waals surface area contributed by atoms with Gasteiger partial charge in [0, 0.05) is 18.8 Å². The van der Waals surface area contributed by atoms with E-state index in [9.17, 15) is 9.59 Å². The lowest BCUT2D eigenvalue weighted by atomic mass is 9.89. The highest BCUT2D eigenvalue weighted by atomic mass is 16.2. The zero-order valence-corrected chi connectivity index (χ0v) is 15.0. The van der Waals surface area contributed by atoms with E-state index in [1.165, 1.54) is 5.56 Å². The molecular formula is C19H28N2O2. The molecule has 0 aromatic heterocycles. The molecule has 1 aromatic rings. The van der Waals surface area contributed by atoms with Gasteiger partial charge in [-0.25, -0.2) is 0 Å². The van der Waals surface area contributed by atoms with Crippen molar-refractivity contribution in [2.75, 3.05) is 18.4 Å². The smallest absolute Gasteiger partial charge is 0.239 e. The monoisotopic (exact) mass is 316 g/mol. The minimum atomic E-state index is -1.05. The van der Waals surface area contributed by atoms with Crippen LogP contribution in [-0.4, -0.2) is 29.8 Å². The molecule has 2 rings (SSSR count). The predicted molar refractivity (Wildman–Crippen MR) is 93.5 cm³/mol. The first-order chi connectivity index (χ1) is 10.7. The molecule has 4 nitrogen and oxygen atoms in total. The molecule has 1 N–H and O–H groups in total. The number of rotatable bonds is 3.